The van der Waals surface area contributed by atoms with E-state index in [1.54, 1.807) is 0 Å². The van der Waals surface area contributed by atoms with Gasteiger partial charge < -0.3 is 5.11 Å². The second-order valence-corrected chi connectivity index (χ2v) is 4.26. The summed E-state index contributed by atoms with van der Waals surface area (Å²) >= 11 is 0. The number of aliphatic hydroxyl groups is 1. The molecule has 2 aromatic rings. The lowest BCUT2D eigenvalue weighted by Gasteiger charge is -2.11. The number of rotatable bonds is 4. The van der Waals surface area contributed by atoms with Crippen molar-refractivity contribution in [1.82, 2.24) is 0 Å². The fraction of sp³-hybridized carbons (Fsp3) is 0.200. The zero-order chi connectivity index (χ0) is 13.0. The first kappa shape index (κ1) is 12.7. The second-order valence-electron chi connectivity index (χ2n) is 4.26. The second kappa shape index (κ2) is 5.74. The molecule has 3 heteroatoms. The Labute approximate surface area is 105 Å². The summed E-state index contributed by atoms with van der Waals surface area (Å²) in [4.78, 5) is 0. The predicted octanol–water partition coefficient (Wildman–Crippen LogP) is 3.11. The zero-order valence-electron chi connectivity index (χ0n) is 9.81. The van der Waals surface area contributed by atoms with E-state index in [9.17, 15) is 13.9 Å². The van der Waals surface area contributed by atoms with Crippen LogP contribution in [0.25, 0.3) is 0 Å². The van der Waals surface area contributed by atoms with E-state index in [1.807, 2.05) is 30.3 Å². The Balaban J connectivity index is 2.03. The van der Waals surface area contributed by atoms with Gasteiger partial charge in [-0.05, 0) is 23.6 Å². The van der Waals surface area contributed by atoms with E-state index >= 15 is 0 Å². The summed E-state index contributed by atoms with van der Waals surface area (Å²) in [5.41, 5.74) is 1.18. The zero-order valence-corrected chi connectivity index (χ0v) is 9.81. The van der Waals surface area contributed by atoms with Gasteiger partial charge in [0.1, 0.15) is 0 Å². The molecule has 0 aliphatic heterocycles. The van der Waals surface area contributed by atoms with Gasteiger partial charge in [0.2, 0.25) is 0 Å². The molecule has 94 valence electrons. The largest absolute Gasteiger partial charge is 0.392 e. The van der Waals surface area contributed by atoms with Crippen molar-refractivity contribution in [2.24, 2.45) is 0 Å². The van der Waals surface area contributed by atoms with Crippen LogP contribution in [0.4, 0.5) is 8.78 Å². The molecule has 1 unspecified atom stereocenters. The van der Waals surface area contributed by atoms with Crippen molar-refractivity contribution in [2.45, 2.75) is 18.9 Å². The van der Waals surface area contributed by atoms with Gasteiger partial charge in [0.05, 0.1) is 6.10 Å². The van der Waals surface area contributed by atoms with Gasteiger partial charge >= 0.3 is 0 Å². The van der Waals surface area contributed by atoms with Crippen LogP contribution in [0.2, 0.25) is 0 Å². The molecule has 0 saturated heterocycles. The molecule has 0 aliphatic rings. The van der Waals surface area contributed by atoms with E-state index in [2.05, 4.69) is 0 Å². The van der Waals surface area contributed by atoms with Crippen LogP contribution >= 0.6 is 0 Å². The molecular weight excluding hydrogens is 234 g/mol. The normalized spacial score (nSPS) is 12.4. The fourth-order valence-electron chi connectivity index (χ4n) is 1.92. The third-order valence-electron chi connectivity index (χ3n) is 2.80. The van der Waals surface area contributed by atoms with Gasteiger partial charge in [-0.15, -0.1) is 0 Å². The standard InChI is InChI=1S/C15H14F2O/c16-14-8-4-7-12(15(14)17)10-13(18)9-11-5-2-1-3-6-11/h1-8,13,18H,9-10H2. The molecule has 18 heavy (non-hydrogen) atoms. The van der Waals surface area contributed by atoms with Gasteiger partial charge in [-0.2, -0.15) is 0 Å². The molecule has 1 atom stereocenters. The first-order valence-electron chi connectivity index (χ1n) is 5.81. The van der Waals surface area contributed by atoms with Crippen LogP contribution in [0.15, 0.2) is 48.5 Å². The molecule has 0 amide bonds. The summed E-state index contributed by atoms with van der Waals surface area (Å²) < 4.78 is 26.4. The van der Waals surface area contributed by atoms with Gasteiger partial charge in [-0.1, -0.05) is 42.5 Å². The minimum atomic E-state index is -0.876. The summed E-state index contributed by atoms with van der Waals surface area (Å²) in [7, 11) is 0. The number of halogens is 2. The predicted molar refractivity (Wildman–Crippen MR) is 66.2 cm³/mol. The molecule has 0 fully saturated rings. The van der Waals surface area contributed by atoms with Crippen LogP contribution in [0.5, 0.6) is 0 Å². The van der Waals surface area contributed by atoms with Gasteiger partial charge in [-0.25, -0.2) is 8.78 Å². The minimum absolute atomic E-state index is 0.110. The highest BCUT2D eigenvalue weighted by Gasteiger charge is 2.12. The van der Waals surface area contributed by atoms with Gasteiger partial charge in [0.15, 0.2) is 11.6 Å². The van der Waals surface area contributed by atoms with Crippen LogP contribution in [0.1, 0.15) is 11.1 Å². The molecule has 0 saturated carbocycles. The van der Waals surface area contributed by atoms with Crippen molar-refractivity contribution < 1.29 is 13.9 Å². The highest BCUT2D eigenvalue weighted by molar-refractivity contribution is 5.21. The fourth-order valence-corrected chi connectivity index (χ4v) is 1.92. The minimum Gasteiger partial charge on any atom is -0.392 e. The monoisotopic (exact) mass is 248 g/mol. The molecule has 0 spiro atoms. The van der Waals surface area contributed by atoms with Gasteiger partial charge in [0.25, 0.3) is 0 Å². The first-order valence-corrected chi connectivity index (χ1v) is 5.81. The lowest BCUT2D eigenvalue weighted by atomic mass is 10.0. The number of hydrogen-bond acceptors (Lipinski definition) is 1. The first-order chi connectivity index (χ1) is 8.66. The molecule has 2 rings (SSSR count). The SMILES string of the molecule is OC(Cc1ccccc1)Cc1cccc(F)c1F. The van der Waals surface area contributed by atoms with Crippen molar-refractivity contribution in [3.8, 4) is 0 Å². The van der Waals surface area contributed by atoms with E-state index < -0.39 is 17.7 Å². The number of aliphatic hydroxyl groups excluding tert-OH is 1. The van der Waals surface area contributed by atoms with Gasteiger partial charge in [0, 0.05) is 6.42 Å². The Morgan fingerprint density at radius 1 is 0.889 bits per heavy atom. The molecule has 0 aromatic heterocycles. The van der Waals surface area contributed by atoms with E-state index in [4.69, 9.17) is 0 Å². The van der Waals surface area contributed by atoms with E-state index in [-0.39, 0.29) is 12.0 Å². The Kier molecular flexibility index (Phi) is 4.05. The van der Waals surface area contributed by atoms with E-state index in [0.29, 0.717) is 6.42 Å². The molecule has 1 N–H and O–H groups in total. The number of benzene rings is 2. The van der Waals surface area contributed by atoms with Crippen LogP contribution in [0, 0.1) is 11.6 Å². The molecule has 0 radical (unpaired) electrons. The Hall–Kier alpha value is -1.74. The average Bonchev–Trinajstić information content (AvgIpc) is 2.36. The molecular formula is C15H14F2O. The van der Waals surface area contributed by atoms with Crippen LogP contribution < -0.4 is 0 Å². The summed E-state index contributed by atoms with van der Waals surface area (Å²) in [5.74, 6) is -1.75. The molecule has 0 heterocycles. The van der Waals surface area contributed by atoms with Crippen molar-refractivity contribution in [1.29, 1.82) is 0 Å². The van der Waals surface area contributed by atoms with Crippen LogP contribution in [-0.4, -0.2) is 11.2 Å². The molecule has 1 nitrogen and oxygen atoms in total. The highest BCUT2D eigenvalue weighted by atomic mass is 19.2. The summed E-state index contributed by atoms with van der Waals surface area (Å²) in [6.07, 6.45) is -0.182. The van der Waals surface area contributed by atoms with E-state index in [0.717, 1.165) is 11.6 Å². The number of hydrogen-bond donors (Lipinski definition) is 1. The van der Waals surface area contributed by atoms with Crippen molar-refractivity contribution in [2.75, 3.05) is 0 Å². The highest BCUT2D eigenvalue weighted by Crippen LogP contribution is 2.15. The summed E-state index contributed by atoms with van der Waals surface area (Å²) in [6, 6.07) is 13.5. The maximum atomic E-state index is 13.4. The molecule has 0 bridgehead atoms. The average molecular weight is 248 g/mol. The van der Waals surface area contributed by atoms with Crippen molar-refractivity contribution in [3.05, 3.63) is 71.3 Å². The van der Waals surface area contributed by atoms with Crippen LogP contribution in [-0.2, 0) is 12.8 Å². The lowest BCUT2D eigenvalue weighted by molar-refractivity contribution is 0.174. The Morgan fingerprint density at radius 2 is 1.61 bits per heavy atom. The summed E-state index contributed by atoms with van der Waals surface area (Å²) in [6.45, 7) is 0. The third kappa shape index (κ3) is 3.14. The van der Waals surface area contributed by atoms with Crippen LogP contribution in [0.3, 0.4) is 0 Å². The summed E-state index contributed by atoms with van der Waals surface area (Å²) in [5, 5.41) is 9.88. The quantitative estimate of drug-likeness (QED) is 0.881. The maximum Gasteiger partial charge on any atom is 0.162 e. The Bertz CT molecular complexity index is 511. The maximum absolute atomic E-state index is 13.4. The third-order valence-corrected chi connectivity index (χ3v) is 2.80. The van der Waals surface area contributed by atoms with Crippen molar-refractivity contribution in [3.63, 3.8) is 0 Å². The topological polar surface area (TPSA) is 20.2 Å². The van der Waals surface area contributed by atoms with Gasteiger partial charge in [-0.3, -0.25) is 0 Å². The lowest BCUT2D eigenvalue weighted by Crippen LogP contribution is -2.15. The molecule has 0 aliphatic carbocycles. The molecule has 2 aromatic carbocycles. The van der Waals surface area contributed by atoms with Crippen molar-refractivity contribution >= 4 is 0 Å². The Morgan fingerprint density at radius 3 is 2.33 bits per heavy atom. The van der Waals surface area contributed by atoms with E-state index in [1.165, 1.54) is 12.1 Å². The smallest absolute Gasteiger partial charge is 0.162 e.